The van der Waals surface area contributed by atoms with Crippen LogP contribution in [0.25, 0.3) is 0 Å². The zero-order chi connectivity index (χ0) is 19.5. The zero-order valence-electron chi connectivity index (χ0n) is 17.0. The van der Waals surface area contributed by atoms with Gasteiger partial charge in [0.15, 0.2) is 0 Å². The monoisotopic (exact) mass is 427 g/mol. The molecule has 0 atom stereocenters. The molecule has 0 radical (unpaired) electrons. The summed E-state index contributed by atoms with van der Waals surface area (Å²) in [6, 6.07) is 7.90. The Labute approximate surface area is 179 Å². The van der Waals surface area contributed by atoms with Gasteiger partial charge >= 0.3 is 0 Å². The number of halogens is 1. The number of hydrogen-bond donors (Lipinski definition) is 2. The number of thioether (sulfide) groups is 1. The fourth-order valence-corrected chi connectivity index (χ4v) is 4.33. The number of rotatable bonds is 10. The Hall–Kier alpha value is -1.24. The van der Waals surface area contributed by atoms with Crippen molar-refractivity contribution in [3.8, 4) is 0 Å². The van der Waals surface area contributed by atoms with E-state index in [2.05, 4.69) is 17.6 Å². The second kappa shape index (κ2) is 13.9. The summed E-state index contributed by atoms with van der Waals surface area (Å²) < 4.78 is 0. The maximum Gasteiger partial charge on any atom is 0.252 e. The lowest BCUT2D eigenvalue weighted by molar-refractivity contribution is -0.129. The molecular weight excluding hydrogens is 394 g/mol. The Balaban J connectivity index is 0.00000392. The standard InChI is InChI=1S/C21H33N3O2S.ClH/c1-3-13-22-14-15-23-21(26)18-11-7-8-12-19(18)27-16-20(25)24(2)17-9-5-4-6-10-17;/h7-8,11-12,17,22H,3-6,9-10,13-16H2,1-2H3,(H,23,26);1H. The number of benzene rings is 1. The molecule has 0 bridgehead atoms. The molecule has 0 aromatic heterocycles. The molecule has 0 heterocycles. The maximum atomic E-state index is 12.6. The van der Waals surface area contributed by atoms with Crippen LogP contribution in [0.3, 0.4) is 0 Å². The van der Waals surface area contributed by atoms with Crippen molar-refractivity contribution in [1.82, 2.24) is 15.5 Å². The number of nitrogens with one attached hydrogen (secondary N) is 2. The fourth-order valence-electron chi connectivity index (χ4n) is 3.35. The number of amides is 2. The van der Waals surface area contributed by atoms with Crippen molar-refractivity contribution in [2.45, 2.75) is 56.4 Å². The highest BCUT2D eigenvalue weighted by Crippen LogP contribution is 2.25. The summed E-state index contributed by atoms with van der Waals surface area (Å²) in [6.45, 7) is 4.44. The van der Waals surface area contributed by atoms with Crippen LogP contribution in [0, 0.1) is 0 Å². The van der Waals surface area contributed by atoms with E-state index in [0.29, 0.717) is 23.9 Å². The third-order valence-corrected chi connectivity index (χ3v) is 6.07. The summed E-state index contributed by atoms with van der Waals surface area (Å²) in [4.78, 5) is 27.8. The third kappa shape index (κ3) is 8.02. The van der Waals surface area contributed by atoms with Gasteiger partial charge in [0.05, 0.1) is 11.3 Å². The first-order valence-corrected chi connectivity index (χ1v) is 11.1. The molecule has 0 saturated heterocycles. The molecule has 1 aliphatic rings. The summed E-state index contributed by atoms with van der Waals surface area (Å²) in [5.74, 6) is 0.436. The summed E-state index contributed by atoms with van der Waals surface area (Å²) in [6.07, 6.45) is 7.01. The second-order valence-electron chi connectivity index (χ2n) is 7.09. The zero-order valence-corrected chi connectivity index (χ0v) is 18.7. The van der Waals surface area contributed by atoms with Crippen molar-refractivity contribution >= 4 is 36.0 Å². The van der Waals surface area contributed by atoms with Gasteiger partial charge in [-0.15, -0.1) is 24.2 Å². The van der Waals surface area contributed by atoms with Gasteiger partial charge in [0.1, 0.15) is 0 Å². The molecule has 2 N–H and O–H groups in total. The fraction of sp³-hybridized carbons (Fsp3) is 0.619. The minimum absolute atomic E-state index is 0. The normalized spacial score (nSPS) is 14.2. The molecule has 0 unspecified atom stereocenters. The van der Waals surface area contributed by atoms with E-state index in [0.717, 1.165) is 37.2 Å². The van der Waals surface area contributed by atoms with E-state index in [1.807, 2.05) is 36.2 Å². The molecule has 1 fully saturated rings. The van der Waals surface area contributed by atoms with Crippen molar-refractivity contribution in [3.05, 3.63) is 29.8 Å². The van der Waals surface area contributed by atoms with E-state index < -0.39 is 0 Å². The number of carbonyl (C=O) groups excluding carboxylic acids is 2. The average molecular weight is 428 g/mol. The lowest BCUT2D eigenvalue weighted by Crippen LogP contribution is -2.39. The molecule has 1 saturated carbocycles. The molecule has 28 heavy (non-hydrogen) atoms. The first-order chi connectivity index (χ1) is 13.1. The van der Waals surface area contributed by atoms with Crippen LogP contribution in [0.5, 0.6) is 0 Å². The SMILES string of the molecule is CCCNCCNC(=O)c1ccccc1SCC(=O)N(C)C1CCCCC1.Cl. The Morgan fingerprint density at radius 3 is 2.54 bits per heavy atom. The van der Waals surface area contributed by atoms with Gasteiger partial charge in [-0.05, 0) is 37.9 Å². The minimum atomic E-state index is -0.0792. The Kier molecular flexibility index (Phi) is 12.3. The largest absolute Gasteiger partial charge is 0.351 e. The molecule has 0 aliphatic heterocycles. The van der Waals surface area contributed by atoms with Gasteiger partial charge in [-0.3, -0.25) is 9.59 Å². The van der Waals surface area contributed by atoms with Gasteiger partial charge in [0, 0.05) is 31.1 Å². The van der Waals surface area contributed by atoms with Crippen LogP contribution in [0.15, 0.2) is 29.2 Å². The Morgan fingerprint density at radius 2 is 1.82 bits per heavy atom. The molecule has 1 aromatic rings. The van der Waals surface area contributed by atoms with Crippen LogP contribution in [0.4, 0.5) is 0 Å². The predicted octanol–water partition coefficient (Wildman–Crippen LogP) is 3.72. The Morgan fingerprint density at radius 1 is 1.11 bits per heavy atom. The average Bonchev–Trinajstić information content (AvgIpc) is 2.72. The summed E-state index contributed by atoms with van der Waals surface area (Å²) in [5.41, 5.74) is 0.645. The molecule has 5 nitrogen and oxygen atoms in total. The van der Waals surface area contributed by atoms with Crippen LogP contribution < -0.4 is 10.6 Å². The van der Waals surface area contributed by atoms with Gasteiger partial charge in [0.2, 0.25) is 5.91 Å². The van der Waals surface area contributed by atoms with E-state index >= 15 is 0 Å². The van der Waals surface area contributed by atoms with Crippen molar-refractivity contribution in [2.24, 2.45) is 0 Å². The lowest BCUT2D eigenvalue weighted by Gasteiger charge is -2.31. The number of hydrogen-bond acceptors (Lipinski definition) is 4. The van der Waals surface area contributed by atoms with E-state index in [9.17, 15) is 9.59 Å². The van der Waals surface area contributed by atoms with Crippen molar-refractivity contribution < 1.29 is 9.59 Å². The van der Waals surface area contributed by atoms with Crippen LogP contribution in [0.1, 0.15) is 55.8 Å². The highest BCUT2D eigenvalue weighted by atomic mass is 35.5. The van der Waals surface area contributed by atoms with Crippen molar-refractivity contribution in [1.29, 1.82) is 0 Å². The first-order valence-electron chi connectivity index (χ1n) is 10.1. The minimum Gasteiger partial charge on any atom is -0.351 e. The van der Waals surface area contributed by atoms with Crippen LogP contribution >= 0.6 is 24.2 Å². The summed E-state index contributed by atoms with van der Waals surface area (Å²) in [7, 11) is 1.92. The van der Waals surface area contributed by atoms with E-state index in [1.165, 1.54) is 31.0 Å². The molecule has 7 heteroatoms. The number of carbonyl (C=O) groups is 2. The molecule has 158 valence electrons. The van der Waals surface area contributed by atoms with Crippen molar-refractivity contribution in [2.75, 3.05) is 32.4 Å². The Bertz CT molecular complexity index is 609. The number of nitrogens with zero attached hydrogens (tertiary/aromatic N) is 1. The highest BCUT2D eigenvalue weighted by molar-refractivity contribution is 8.00. The molecule has 2 amide bonds. The summed E-state index contributed by atoms with van der Waals surface area (Å²) in [5, 5.41) is 6.22. The van der Waals surface area contributed by atoms with Crippen LogP contribution in [0.2, 0.25) is 0 Å². The predicted molar refractivity (Wildman–Crippen MR) is 120 cm³/mol. The maximum absolute atomic E-state index is 12.6. The van der Waals surface area contributed by atoms with Gasteiger partial charge in [-0.25, -0.2) is 0 Å². The van der Waals surface area contributed by atoms with Gasteiger partial charge in [0.25, 0.3) is 5.91 Å². The lowest BCUT2D eigenvalue weighted by atomic mass is 9.94. The van der Waals surface area contributed by atoms with Crippen LogP contribution in [-0.4, -0.2) is 55.2 Å². The van der Waals surface area contributed by atoms with E-state index in [4.69, 9.17) is 0 Å². The van der Waals surface area contributed by atoms with Crippen molar-refractivity contribution in [3.63, 3.8) is 0 Å². The second-order valence-corrected chi connectivity index (χ2v) is 8.10. The first kappa shape index (κ1) is 24.8. The van der Waals surface area contributed by atoms with E-state index in [-0.39, 0.29) is 24.2 Å². The smallest absolute Gasteiger partial charge is 0.252 e. The summed E-state index contributed by atoms with van der Waals surface area (Å²) >= 11 is 1.46. The van der Waals surface area contributed by atoms with Gasteiger partial charge in [-0.2, -0.15) is 0 Å². The van der Waals surface area contributed by atoms with Crippen LogP contribution in [-0.2, 0) is 4.79 Å². The van der Waals surface area contributed by atoms with Gasteiger partial charge < -0.3 is 15.5 Å². The topological polar surface area (TPSA) is 61.4 Å². The highest BCUT2D eigenvalue weighted by Gasteiger charge is 2.22. The molecular formula is C21H34ClN3O2S. The molecule has 1 aliphatic carbocycles. The van der Waals surface area contributed by atoms with Gasteiger partial charge in [-0.1, -0.05) is 38.3 Å². The third-order valence-electron chi connectivity index (χ3n) is 5.01. The van der Waals surface area contributed by atoms with E-state index in [1.54, 1.807) is 0 Å². The molecule has 0 spiro atoms. The molecule has 1 aromatic carbocycles. The molecule has 2 rings (SSSR count). The quantitative estimate of drug-likeness (QED) is 0.441.